The van der Waals surface area contributed by atoms with Crippen molar-refractivity contribution in [3.05, 3.63) is 42.4 Å². The fourth-order valence-corrected chi connectivity index (χ4v) is 1.75. The summed E-state index contributed by atoms with van der Waals surface area (Å²) in [5.41, 5.74) is 0.481. The van der Waals surface area contributed by atoms with Crippen molar-refractivity contribution in [2.45, 2.75) is 6.42 Å². The molecule has 0 fully saturated rings. The van der Waals surface area contributed by atoms with Gasteiger partial charge in [0.05, 0.1) is 5.69 Å². The average molecular weight is 246 g/mol. The third-order valence-corrected chi connectivity index (χ3v) is 2.87. The predicted molar refractivity (Wildman–Crippen MR) is 72.8 cm³/mol. The van der Waals surface area contributed by atoms with Crippen LogP contribution in [0.3, 0.4) is 0 Å². The van der Waals surface area contributed by atoms with E-state index in [2.05, 4.69) is 17.4 Å². The Morgan fingerprint density at radius 3 is 2.89 bits per heavy atom. The van der Waals surface area contributed by atoms with Gasteiger partial charge in [-0.25, -0.2) is 8.97 Å². The quantitative estimate of drug-likeness (QED) is 0.455. The van der Waals surface area contributed by atoms with Crippen LogP contribution in [-0.2, 0) is 0 Å². The van der Waals surface area contributed by atoms with Crippen LogP contribution < -0.4 is 5.01 Å². The Labute approximate surface area is 107 Å². The van der Waals surface area contributed by atoms with Crippen molar-refractivity contribution in [2.75, 3.05) is 19.1 Å². The number of hydrogen-bond donors (Lipinski definition) is 0. The van der Waals surface area contributed by atoms with Crippen LogP contribution in [0.25, 0.3) is 0 Å². The first-order chi connectivity index (χ1) is 8.66. The number of benzene rings is 1. The molecule has 0 aromatic heterocycles. The molecule has 0 spiro atoms. The molecular weight excluding hydrogens is 229 g/mol. The first-order valence-electron chi connectivity index (χ1n) is 5.93. The largest absolute Gasteiger partial charge is 0.266 e. The van der Waals surface area contributed by atoms with E-state index in [1.54, 1.807) is 30.3 Å². The molecule has 4 heteroatoms. The first-order valence-corrected chi connectivity index (χ1v) is 5.93. The van der Waals surface area contributed by atoms with Crippen molar-refractivity contribution in [1.82, 2.24) is 0 Å². The second-order valence-corrected chi connectivity index (χ2v) is 4.33. The van der Waals surface area contributed by atoms with Gasteiger partial charge >= 0.3 is 0 Å². The van der Waals surface area contributed by atoms with E-state index in [1.165, 1.54) is 6.07 Å². The molecule has 1 aromatic carbocycles. The maximum Gasteiger partial charge on any atom is 0.164 e. The van der Waals surface area contributed by atoms with Gasteiger partial charge in [-0.15, -0.1) is 0 Å². The molecule has 94 valence electrons. The van der Waals surface area contributed by atoms with Crippen LogP contribution in [0.2, 0.25) is 0 Å². The third kappa shape index (κ3) is 3.03. The van der Waals surface area contributed by atoms with Gasteiger partial charge < -0.3 is 0 Å². The maximum absolute atomic E-state index is 13.5. The second-order valence-electron chi connectivity index (χ2n) is 4.33. The zero-order valence-corrected chi connectivity index (χ0v) is 10.6. The van der Waals surface area contributed by atoms with E-state index in [0.717, 1.165) is 6.42 Å². The molecule has 0 radical (unpaired) electrons. The number of allylic oxidation sites excluding steroid dienone is 1. The van der Waals surface area contributed by atoms with Crippen LogP contribution >= 0.6 is 0 Å². The highest BCUT2D eigenvalue weighted by atomic mass is 19.1. The van der Waals surface area contributed by atoms with Crippen LogP contribution in [0.4, 0.5) is 10.1 Å². The molecule has 1 aliphatic rings. The summed E-state index contributed by atoms with van der Waals surface area (Å²) in [5.74, 6) is 0.0121. The van der Waals surface area contributed by atoms with Gasteiger partial charge in [-0.1, -0.05) is 12.1 Å². The molecule has 0 N–H and O–H groups in total. The molecular formula is C14H17FN3+. The number of anilines is 1. The summed E-state index contributed by atoms with van der Waals surface area (Å²) in [5, 5.41) is 5.84. The second kappa shape index (κ2) is 5.58. The molecule has 1 aliphatic heterocycles. The van der Waals surface area contributed by atoms with Crippen LogP contribution in [0.1, 0.15) is 6.42 Å². The molecule has 3 nitrogen and oxygen atoms in total. The topological polar surface area (TPSA) is 18.6 Å². The maximum atomic E-state index is 13.5. The SMILES string of the molecule is CN(N=CC1C=C[N+](C)=CC1)c1ccccc1F. The van der Waals surface area contributed by atoms with Crippen molar-refractivity contribution >= 4 is 18.1 Å². The number of nitrogens with zero attached hydrogens (tertiary/aromatic N) is 3. The van der Waals surface area contributed by atoms with Crippen LogP contribution in [-0.4, -0.2) is 31.1 Å². The fourth-order valence-electron chi connectivity index (χ4n) is 1.75. The summed E-state index contributed by atoms with van der Waals surface area (Å²) in [6.45, 7) is 0. The van der Waals surface area contributed by atoms with E-state index < -0.39 is 0 Å². The number of para-hydroxylation sites is 1. The van der Waals surface area contributed by atoms with Gasteiger partial charge in [0.2, 0.25) is 0 Å². The summed E-state index contributed by atoms with van der Waals surface area (Å²) in [6.07, 6.45) is 8.94. The van der Waals surface area contributed by atoms with Crippen molar-refractivity contribution in [2.24, 2.45) is 11.0 Å². The molecule has 18 heavy (non-hydrogen) atoms. The van der Waals surface area contributed by atoms with E-state index in [0.29, 0.717) is 5.69 Å². The van der Waals surface area contributed by atoms with Gasteiger partial charge in [0, 0.05) is 25.6 Å². The molecule has 2 rings (SSSR count). The van der Waals surface area contributed by atoms with E-state index in [1.807, 2.05) is 24.0 Å². The monoisotopic (exact) mass is 246 g/mol. The lowest BCUT2D eigenvalue weighted by Crippen LogP contribution is -2.15. The zero-order chi connectivity index (χ0) is 13.0. The van der Waals surface area contributed by atoms with E-state index >= 15 is 0 Å². The Balaban J connectivity index is 2.02. The Hall–Kier alpha value is -1.97. The summed E-state index contributed by atoms with van der Waals surface area (Å²) in [6, 6.07) is 6.62. The Bertz CT molecular complexity index is 506. The van der Waals surface area contributed by atoms with Gasteiger partial charge in [0.25, 0.3) is 0 Å². The van der Waals surface area contributed by atoms with Gasteiger partial charge in [0.1, 0.15) is 19.1 Å². The lowest BCUT2D eigenvalue weighted by atomic mass is 10.1. The average Bonchev–Trinajstić information content (AvgIpc) is 2.38. The molecule has 0 aliphatic carbocycles. The summed E-state index contributed by atoms with van der Waals surface area (Å²) in [7, 11) is 3.74. The Morgan fingerprint density at radius 2 is 2.22 bits per heavy atom. The van der Waals surface area contributed by atoms with Crippen molar-refractivity contribution in [3.8, 4) is 0 Å². The lowest BCUT2D eigenvalue weighted by Gasteiger charge is -2.14. The van der Waals surface area contributed by atoms with Crippen LogP contribution in [0, 0.1) is 11.7 Å². The number of rotatable bonds is 3. The molecule has 1 atom stereocenters. The Kier molecular flexibility index (Phi) is 3.87. The van der Waals surface area contributed by atoms with Crippen LogP contribution in [0.5, 0.6) is 0 Å². The smallest absolute Gasteiger partial charge is 0.164 e. The third-order valence-electron chi connectivity index (χ3n) is 2.87. The van der Waals surface area contributed by atoms with Gasteiger partial charge in [-0.2, -0.15) is 5.10 Å². The van der Waals surface area contributed by atoms with Crippen molar-refractivity contribution < 1.29 is 8.97 Å². The molecule has 0 saturated carbocycles. The molecule has 1 aromatic rings. The highest BCUT2D eigenvalue weighted by Crippen LogP contribution is 2.17. The standard InChI is InChI=1S/C14H17FN3/c1-17-9-7-12(8-10-17)11-16-18(2)14-6-4-3-5-13(14)15/h3-7,9-12H,8H2,1-2H3/q+1. The normalized spacial score (nSPS) is 19.1. The fraction of sp³-hybridized carbons (Fsp3) is 0.286. The minimum atomic E-state index is -0.261. The van der Waals surface area contributed by atoms with Crippen molar-refractivity contribution in [3.63, 3.8) is 0 Å². The Morgan fingerprint density at radius 1 is 1.44 bits per heavy atom. The molecule has 1 heterocycles. The first kappa shape index (κ1) is 12.5. The highest BCUT2D eigenvalue weighted by Gasteiger charge is 2.10. The minimum Gasteiger partial charge on any atom is -0.266 e. The van der Waals surface area contributed by atoms with E-state index in [4.69, 9.17) is 0 Å². The molecule has 0 bridgehead atoms. The lowest BCUT2D eigenvalue weighted by molar-refractivity contribution is -0.420. The zero-order valence-electron chi connectivity index (χ0n) is 10.6. The number of hydrazone groups is 1. The van der Waals surface area contributed by atoms with E-state index in [9.17, 15) is 4.39 Å². The molecule has 0 amide bonds. The van der Waals surface area contributed by atoms with Gasteiger partial charge in [-0.3, -0.25) is 5.01 Å². The van der Waals surface area contributed by atoms with E-state index in [-0.39, 0.29) is 11.7 Å². The van der Waals surface area contributed by atoms with Gasteiger partial charge in [-0.05, 0) is 18.2 Å². The van der Waals surface area contributed by atoms with Crippen molar-refractivity contribution in [1.29, 1.82) is 0 Å². The summed E-state index contributed by atoms with van der Waals surface area (Å²) >= 11 is 0. The predicted octanol–water partition coefficient (Wildman–Crippen LogP) is 2.49. The number of hydrogen-bond acceptors (Lipinski definition) is 2. The van der Waals surface area contributed by atoms with Crippen LogP contribution in [0.15, 0.2) is 41.6 Å². The molecule has 1 unspecified atom stereocenters. The summed E-state index contributed by atoms with van der Waals surface area (Å²) < 4.78 is 15.5. The highest BCUT2D eigenvalue weighted by molar-refractivity contribution is 5.70. The number of halogens is 1. The van der Waals surface area contributed by atoms with Gasteiger partial charge in [0.15, 0.2) is 6.20 Å². The minimum absolute atomic E-state index is 0.261. The molecule has 0 saturated heterocycles. The summed E-state index contributed by atoms with van der Waals surface area (Å²) in [4.78, 5) is 0.